The molecule has 1 heterocycles. The van der Waals surface area contributed by atoms with Crippen LogP contribution in [-0.2, 0) is 14.6 Å². The van der Waals surface area contributed by atoms with E-state index in [0.29, 0.717) is 6.42 Å². The van der Waals surface area contributed by atoms with Crippen LogP contribution in [-0.4, -0.2) is 31.9 Å². The first-order valence-electron chi connectivity index (χ1n) is 5.55. The van der Waals surface area contributed by atoms with Crippen molar-refractivity contribution in [3.8, 4) is 0 Å². The molecule has 1 amide bonds. The summed E-state index contributed by atoms with van der Waals surface area (Å²) in [7, 11) is -2.98. The highest BCUT2D eigenvalue weighted by atomic mass is 32.2. The lowest BCUT2D eigenvalue weighted by atomic mass is 10.2. The Morgan fingerprint density at radius 2 is 1.94 bits per heavy atom. The van der Waals surface area contributed by atoms with E-state index in [1.165, 1.54) is 6.92 Å². The maximum absolute atomic E-state index is 11.7. The van der Waals surface area contributed by atoms with Crippen LogP contribution in [0.4, 0.5) is 5.69 Å². The first-order valence-corrected chi connectivity index (χ1v) is 7.37. The van der Waals surface area contributed by atoms with Crippen molar-refractivity contribution >= 4 is 21.4 Å². The lowest BCUT2D eigenvalue weighted by Gasteiger charge is -2.27. The molecule has 92 valence electrons. The molecule has 0 N–H and O–H groups in total. The van der Waals surface area contributed by atoms with E-state index in [-0.39, 0.29) is 23.5 Å². The number of sulfone groups is 1. The second-order valence-corrected chi connectivity index (χ2v) is 6.51. The number of para-hydroxylation sites is 1. The monoisotopic (exact) mass is 253 g/mol. The number of carbonyl (C=O) groups is 1. The first kappa shape index (κ1) is 12.1. The molecule has 1 saturated heterocycles. The Morgan fingerprint density at radius 1 is 1.29 bits per heavy atom. The van der Waals surface area contributed by atoms with Gasteiger partial charge in [-0.25, -0.2) is 8.42 Å². The van der Waals surface area contributed by atoms with Crippen molar-refractivity contribution in [1.82, 2.24) is 0 Å². The average molecular weight is 253 g/mol. The number of benzene rings is 1. The Bertz CT molecular complexity index is 510. The van der Waals surface area contributed by atoms with E-state index < -0.39 is 9.84 Å². The van der Waals surface area contributed by atoms with Gasteiger partial charge >= 0.3 is 0 Å². The molecule has 0 aromatic heterocycles. The van der Waals surface area contributed by atoms with Gasteiger partial charge in [0.25, 0.3) is 0 Å². The average Bonchev–Trinajstić information content (AvgIpc) is 2.60. The molecule has 1 fully saturated rings. The van der Waals surface area contributed by atoms with Gasteiger partial charge in [0.15, 0.2) is 9.84 Å². The van der Waals surface area contributed by atoms with Gasteiger partial charge in [-0.2, -0.15) is 0 Å². The second kappa shape index (κ2) is 4.49. The number of anilines is 1. The van der Waals surface area contributed by atoms with Gasteiger partial charge in [0.1, 0.15) is 0 Å². The Kier molecular flexibility index (Phi) is 3.19. The van der Waals surface area contributed by atoms with Crippen LogP contribution in [0, 0.1) is 0 Å². The quantitative estimate of drug-likeness (QED) is 0.796. The number of carbonyl (C=O) groups excluding carboxylic acids is 1. The molecule has 1 atom stereocenters. The predicted octanol–water partition coefficient (Wildman–Crippen LogP) is 1.23. The van der Waals surface area contributed by atoms with E-state index in [4.69, 9.17) is 0 Å². The summed E-state index contributed by atoms with van der Waals surface area (Å²) in [5.74, 6) is 0.133. The van der Waals surface area contributed by atoms with Gasteiger partial charge in [-0.05, 0) is 18.6 Å². The first-order chi connectivity index (χ1) is 7.99. The van der Waals surface area contributed by atoms with Crippen molar-refractivity contribution in [2.45, 2.75) is 19.4 Å². The van der Waals surface area contributed by atoms with Crippen LogP contribution < -0.4 is 4.90 Å². The van der Waals surface area contributed by atoms with Crippen molar-refractivity contribution in [2.24, 2.45) is 0 Å². The van der Waals surface area contributed by atoms with Gasteiger partial charge in [0.2, 0.25) is 5.91 Å². The van der Waals surface area contributed by atoms with Gasteiger partial charge < -0.3 is 4.90 Å². The van der Waals surface area contributed by atoms with E-state index in [0.717, 1.165) is 5.69 Å². The van der Waals surface area contributed by atoms with Crippen LogP contribution >= 0.6 is 0 Å². The lowest BCUT2D eigenvalue weighted by Crippen LogP contribution is -2.39. The number of rotatable bonds is 2. The second-order valence-electron chi connectivity index (χ2n) is 4.28. The molecule has 1 aromatic rings. The van der Waals surface area contributed by atoms with E-state index >= 15 is 0 Å². The van der Waals surface area contributed by atoms with Crippen LogP contribution in [0.1, 0.15) is 13.3 Å². The molecule has 2 rings (SSSR count). The summed E-state index contributed by atoms with van der Waals surface area (Å²) in [4.78, 5) is 13.3. The highest BCUT2D eigenvalue weighted by Gasteiger charge is 2.34. The zero-order valence-electron chi connectivity index (χ0n) is 9.67. The summed E-state index contributed by atoms with van der Waals surface area (Å²) in [6.07, 6.45) is 0.525. The van der Waals surface area contributed by atoms with Gasteiger partial charge in [0.05, 0.1) is 17.5 Å². The van der Waals surface area contributed by atoms with Gasteiger partial charge in [-0.3, -0.25) is 4.79 Å². The standard InChI is InChI=1S/C12H15NO3S/c1-10(14)13(11-5-3-2-4-6-11)12-7-8-17(15,16)9-12/h2-6,12H,7-9H2,1H3/t12-/m0/s1. The molecule has 0 bridgehead atoms. The predicted molar refractivity (Wildman–Crippen MR) is 66.7 cm³/mol. The van der Waals surface area contributed by atoms with Crippen LogP contribution in [0.5, 0.6) is 0 Å². The van der Waals surface area contributed by atoms with E-state index in [9.17, 15) is 13.2 Å². The van der Waals surface area contributed by atoms with Gasteiger partial charge in [-0.1, -0.05) is 18.2 Å². The van der Waals surface area contributed by atoms with Gasteiger partial charge in [-0.15, -0.1) is 0 Å². The van der Waals surface area contributed by atoms with E-state index in [1.807, 2.05) is 30.3 Å². The number of hydrogen-bond donors (Lipinski definition) is 0. The molecule has 5 heteroatoms. The van der Waals surface area contributed by atoms with E-state index in [2.05, 4.69) is 0 Å². The summed E-state index contributed by atoms with van der Waals surface area (Å²) in [6, 6.07) is 8.98. The van der Waals surface area contributed by atoms with Crippen LogP contribution in [0.2, 0.25) is 0 Å². The fraction of sp³-hybridized carbons (Fsp3) is 0.417. The largest absolute Gasteiger partial charge is 0.309 e. The van der Waals surface area contributed by atoms with Crippen molar-refractivity contribution < 1.29 is 13.2 Å². The summed E-state index contributed by atoms with van der Waals surface area (Å²) in [5.41, 5.74) is 0.766. The van der Waals surface area contributed by atoms with Crippen molar-refractivity contribution in [1.29, 1.82) is 0 Å². The molecular weight excluding hydrogens is 238 g/mol. The third kappa shape index (κ3) is 2.66. The van der Waals surface area contributed by atoms with Crippen LogP contribution in [0.3, 0.4) is 0 Å². The zero-order chi connectivity index (χ0) is 12.5. The minimum Gasteiger partial charge on any atom is -0.309 e. The molecule has 1 aliphatic heterocycles. The molecule has 0 saturated carbocycles. The highest BCUT2D eigenvalue weighted by Crippen LogP contribution is 2.24. The fourth-order valence-electron chi connectivity index (χ4n) is 2.22. The van der Waals surface area contributed by atoms with Crippen molar-refractivity contribution in [3.63, 3.8) is 0 Å². The third-order valence-corrected chi connectivity index (χ3v) is 4.70. The molecule has 0 aliphatic carbocycles. The molecule has 1 aromatic carbocycles. The Balaban J connectivity index is 2.29. The van der Waals surface area contributed by atoms with Crippen molar-refractivity contribution in [3.05, 3.63) is 30.3 Å². The Morgan fingerprint density at radius 3 is 2.41 bits per heavy atom. The summed E-state index contributed by atoms with van der Waals surface area (Å²) in [5, 5.41) is 0. The molecule has 0 radical (unpaired) electrons. The van der Waals surface area contributed by atoms with Gasteiger partial charge in [0, 0.05) is 12.6 Å². The maximum atomic E-state index is 11.7. The number of hydrogen-bond acceptors (Lipinski definition) is 3. The third-order valence-electron chi connectivity index (χ3n) is 2.95. The summed E-state index contributed by atoms with van der Waals surface area (Å²) < 4.78 is 22.9. The summed E-state index contributed by atoms with van der Waals surface area (Å²) >= 11 is 0. The minimum atomic E-state index is -2.98. The fourth-order valence-corrected chi connectivity index (χ4v) is 3.92. The molecular formula is C12H15NO3S. The molecule has 17 heavy (non-hydrogen) atoms. The normalized spacial score (nSPS) is 22.3. The Hall–Kier alpha value is -1.36. The highest BCUT2D eigenvalue weighted by molar-refractivity contribution is 7.91. The molecule has 0 unspecified atom stereocenters. The summed E-state index contributed by atoms with van der Waals surface area (Å²) in [6.45, 7) is 1.47. The smallest absolute Gasteiger partial charge is 0.224 e. The number of nitrogens with zero attached hydrogens (tertiary/aromatic N) is 1. The molecule has 4 nitrogen and oxygen atoms in total. The van der Waals surface area contributed by atoms with Crippen LogP contribution in [0.25, 0.3) is 0 Å². The Labute approximate surface area is 101 Å². The minimum absolute atomic E-state index is 0.0709. The molecule has 1 aliphatic rings. The maximum Gasteiger partial charge on any atom is 0.224 e. The van der Waals surface area contributed by atoms with Crippen molar-refractivity contribution in [2.75, 3.05) is 16.4 Å². The topological polar surface area (TPSA) is 54.5 Å². The number of amides is 1. The zero-order valence-corrected chi connectivity index (χ0v) is 10.5. The molecule has 0 spiro atoms. The lowest BCUT2D eigenvalue weighted by molar-refractivity contribution is -0.116. The SMILES string of the molecule is CC(=O)N(c1ccccc1)[C@H]1CCS(=O)(=O)C1. The van der Waals surface area contributed by atoms with Crippen LogP contribution in [0.15, 0.2) is 30.3 Å². The van der Waals surface area contributed by atoms with E-state index in [1.54, 1.807) is 4.90 Å².